The minimum atomic E-state index is 0.223. The maximum atomic E-state index is 4.50. The average molecular weight is 517 g/mol. The van der Waals surface area contributed by atoms with Gasteiger partial charge in [0.2, 0.25) is 0 Å². The Morgan fingerprint density at radius 2 is 0.950 bits per heavy atom. The third-order valence-corrected chi connectivity index (χ3v) is 7.32. The summed E-state index contributed by atoms with van der Waals surface area (Å²) in [6.45, 7) is 6.76. The molecule has 0 spiro atoms. The van der Waals surface area contributed by atoms with E-state index in [4.69, 9.17) is 0 Å². The zero-order chi connectivity index (χ0) is 27.3. The first kappa shape index (κ1) is 25.2. The maximum absolute atomic E-state index is 4.50. The molecule has 194 valence electrons. The van der Waals surface area contributed by atoms with Gasteiger partial charge in [-0.2, -0.15) is 0 Å². The van der Waals surface area contributed by atoms with Crippen LogP contribution in [0.4, 0.5) is 28.4 Å². The minimum Gasteiger partial charge on any atom is -0.311 e. The van der Waals surface area contributed by atoms with Crippen LogP contribution in [0.15, 0.2) is 163 Å². The van der Waals surface area contributed by atoms with Crippen molar-refractivity contribution < 1.29 is 0 Å². The van der Waals surface area contributed by atoms with Crippen molar-refractivity contribution in [1.82, 2.24) is 0 Å². The fourth-order valence-corrected chi connectivity index (χ4v) is 5.42. The molecule has 5 aromatic rings. The SMILES string of the molecule is C=c1cc(N(c2ccccc2)c2ccccc2)cc/c1=C1\C=CC(N(c2ccccc2)c2ccccc2)=CC1C. The lowest BCUT2D eigenvalue weighted by atomic mass is 9.91. The normalized spacial score (nSPS) is 15.8. The van der Waals surface area contributed by atoms with Gasteiger partial charge in [0, 0.05) is 40.1 Å². The molecule has 0 N–H and O–H groups in total. The van der Waals surface area contributed by atoms with Crippen molar-refractivity contribution in [2.45, 2.75) is 6.92 Å². The van der Waals surface area contributed by atoms with E-state index in [0.717, 1.165) is 39.4 Å². The van der Waals surface area contributed by atoms with Crippen molar-refractivity contribution in [3.8, 4) is 0 Å². The molecule has 1 aliphatic rings. The highest BCUT2D eigenvalue weighted by atomic mass is 15.1. The van der Waals surface area contributed by atoms with E-state index in [0.29, 0.717) is 0 Å². The highest BCUT2D eigenvalue weighted by Crippen LogP contribution is 2.35. The Hall–Kier alpha value is -5.08. The summed E-state index contributed by atoms with van der Waals surface area (Å²) in [7, 11) is 0. The largest absolute Gasteiger partial charge is 0.311 e. The van der Waals surface area contributed by atoms with Gasteiger partial charge in [-0.3, -0.25) is 0 Å². The quantitative estimate of drug-likeness (QED) is 0.223. The fourth-order valence-electron chi connectivity index (χ4n) is 5.42. The Balaban J connectivity index is 1.39. The lowest BCUT2D eigenvalue weighted by molar-refractivity contribution is 0.932. The van der Waals surface area contributed by atoms with E-state index in [-0.39, 0.29) is 5.92 Å². The highest BCUT2D eigenvalue weighted by molar-refractivity contribution is 5.78. The predicted octanol–water partition coefficient (Wildman–Crippen LogP) is 8.65. The van der Waals surface area contributed by atoms with Crippen LogP contribution in [0.1, 0.15) is 6.92 Å². The molecule has 0 aliphatic heterocycles. The van der Waals surface area contributed by atoms with Crippen LogP contribution in [0, 0.1) is 5.92 Å². The Bertz CT molecular complexity index is 1680. The zero-order valence-corrected chi connectivity index (χ0v) is 22.7. The van der Waals surface area contributed by atoms with Crippen molar-refractivity contribution in [2.24, 2.45) is 5.92 Å². The van der Waals surface area contributed by atoms with Gasteiger partial charge in [0.15, 0.2) is 0 Å². The van der Waals surface area contributed by atoms with Gasteiger partial charge in [-0.1, -0.05) is 105 Å². The molecule has 0 aromatic heterocycles. The number of hydrogen-bond acceptors (Lipinski definition) is 2. The van der Waals surface area contributed by atoms with Crippen molar-refractivity contribution in [3.63, 3.8) is 0 Å². The summed E-state index contributed by atoms with van der Waals surface area (Å²) in [5.74, 6) is 0.223. The monoisotopic (exact) mass is 516 g/mol. The molecule has 0 heterocycles. The topological polar surface area (TPSA) is 6.48 Å². The smallest absolute Gasteiger partial charge is 0.0467 e. The van der Waals surface area contributed by atoms with Crippen LogP contribution < -0.4 is 20.2 Å². The van der Waals surface area contributed by atoms with Gasteiger partial charge >= 0.3 is 0 Å². The lowest BCUT2D eigenvalue weighted by Crippen LogP contribution is -2.29. The Kier molecular flexibility index (Phi) is 7.15. The second-order valence-electron chi connectivity index (χ2n) is 10.0. The number of para-hydroxylation sites is 4. The molecule has 6 rings (SSSR count). The standard InChI is InChI=1S/C38H32N2/c1-29-27-35(39(31-15-7-3-8-16-31)32-17-9-4-10-18-32)23-25-37(29)38-26-24-36(28-30(38)2)40(33-19-11-5-12-20-33)34-21-13-6-14-22-34/h3-28,30H,1H2,2H3/b38-37-. The van der Waals surface area contributed by atoms with Gasteiger partial charge in [-0.05, 0) is 82.8 Å². The van der Waals surface area contributed by atoms with Crippen LogP contribution in [-0.2, 0) is 0 Å². The number of anilines is 5. The predicted molar refractivity (Wildman–Crippen MR) is 171 cm³/mol. The second kappa shape index (κ2) is 11.3. The first-order valence-electron chi connectivity index (χ1n) is 13.7. The van der Waals surface area contributed by atoms with Crippen LogP contribution in [-0.4, -0.2) is 0 Å². The van der Waals surface area contributed by atoms with Gasteiger partial charge < -0.3 is 9.80 Å². The van der Waals surface area contributed by atoms with E-state index < -0.39 is 0 Å². The second-order valence-corrected chi connectivity index (χ2v) is 10.0. The molecule has 1 unspecified atom stereocenters. The van der Waals surface area contributed by atoms with Gasteiger partial charge in [-0.15, -0.1) is 0 Å². The van der Waals surface area contributed by atoms with Crippen molar-refractivity contribution in [3.05, 3.63) is 174 Å². The Morgan fingerprint density at radius 3 is 1.38 bits per heavy atom. The van der Waals surface area contributed by atoms with Crippen molar-refractivity contribution in [1.29, 1.82) is 0 Å². The molecule has 1 atom stereocenters. The summed E-state index contributed by atoms with van der Waals surface area (Å²) in [6, 6.07) is 48.7. The molecular formula is C38H32N2. The fraction of sp³-hybridized carbons (Fsp3) is 0.0526. The Morgan fingerprint density at radius 1 is 0.500 bits per heavy atom. The number of rotatable bonds is 6. The molecule has 2 heteroatoms. The molecule has 2 nitrogen and oxygen atoms in total. The van der Waals surface area contributed by atoms with Gasteiger partial charge in [0.25, 0.3) is 0 Å². The van der Waals surface area contributed by atoms with E-state index in [9.17, 15) is 0 Å². The third kappa shape index (κ3) is 5.12. The molecule has 1 aliphatic carbocycles. The molecule has 0 saturated heterocycles. The van der Waals surface area contributed by atoms with E-state index in [1.54, 1.807) is 0 Å². The summed E-state index contributed by atoms with van der Waals surface area (Å²) in [4.78, 5) is 4.59. The van der Waals surface area contributed by atoms with Gasteiger partial charge in [0.05, 0.1) is 0 Å². The molecule has 0 fully saturated rings. The summed E-state index contributed by atoms with van der Waals surface area (Å²) >= 11 is 0. The highest BCUT2D eigenvalue weighted by Gasteiger charge is 2.19. The van der Waals surface area contributed by atoms with E-state index in [2.05, 4.69) is 181 Å². The first-order chi connectivity index (χ1) is 19.7. The van der Waals surface area contributed by atoms with Crippen molar-refractivity contribution in [2.75, 3.05) is 9.80 Å². The lowest BCUT2D eigenvalue weighted by Gasteiger charge is -2.29. The van der Waals surface area contributed by atoms with Crippen LogP contribution in [0.25, 0.3) is 12.2 Å². The van der Waals surface area contributed by atoms with Crippen LogP contribution in [0.2, 0.25) is 0 Å². The summed E-state index contributed by atoms with van der Waals surface area (Å²) in [6.07, 6.45) is 6.83. The van der Waals surface area contributed by atoms with E-state index in [1.807, 2.05) is 0 Å². The molecule has 0 saturated carbocycles. The first-order valence-corrected chi connectivity index (χ1v) is 13.7. The number of benzene rings is 5. The van der Waals surface area contributed by atoms with E-state index in [1.165, 1.54) is 10.8 Å². The third-order valence-electron chi connectivity index (χ3n) is 7.32. The molecule has 0 bridgehead atoms. The number of allylic oxidation sites excluding steroid dienone is 3. The maximum Gasteiger partial charge on any atom is 0.0467 e. The van der Waals surface area contributed by atoms with Crippen LogP contribution in [0.3, 0.4) is 0 Å². The van der Waals surface area contributed by atoms with Gasteiger partial charge in [0.1, 0.15) is 0 Å². The molecule has 0 amide bonds. The molecule has 0 radical (unpaired) electrons. The molecular weight excluding hydrogens is 484 g/mol. The van der Waals surface area contributed by atoms with Crippen LogP contribution in [0.5, 0.6) is 0 Å². The summed E-state index contributed by atoms with van der Waals surface area (Å²) in [5, 5.41) is 2.19. The zero-order valence-electron chi connectivity index (χ0n) is 22.7. The number of hydrogen-bond donors (Lipinski definition) is 0. The molecule has 5 aromatic carbocycles. The Labute approximate surface area is 236 Å². The summed E-state index contributed by atoms with van der Waals surface area (Å²) < 4.78 is 0. The number of nitrogens with zero attached hydrogens (tertiary/aromatic N) is 2. The van der Waals surface area contributed by atoms with E-state index >= 15 is 0 Å². The molecule has 40 heavy (non-hydrogen) atoms. The average Bonchev–Trinajstić information content (AvgIpc) is 3.00. The van der Waals surface area contributed by atoms with Crippen molar-refractivity contribution >= 4 is 40.6 Å². The van der Waals surface area contributed by atoms with Crippen LogP contribution >= 0.6 is 0 Å². The minimum absolute atomic E-state index is 0.223. The van der Waals surface area contributed by atoms with Gasteiger partial charge in [-0.25, -0.2) is 0 Å². The summed E-state index contributed by atoms with van der Waals surface area (Å²) in [5.41, 5.74) is 8.05.